The van der Waals surface area contributed by atoms with Crippen LogP contribution in [-0.2, 0) is 4.79 Å². The molecule has 4 heteroatoms. The van der Waals surface area contributed by atoms with Crippen molar-refractivity contribution >= 4 is 5.91 Å². The van der Waals surface area contributed by atoms with E-state index in [1.807, 2.05) is 4.90 Å². The molecule has 2 saturated heterocycles. The third-order valence-corrected chi connectivity index (χ3v) is 4.76. The van der Waals surface area contributed by atoms with Crippen LogP contribution in [0.15, 0.2) is 0 Å². The first-order valence-electron chi connectivity index (χ1n) is 6.77. The van der Waals surface area contributed by atoms with Crippen molar-refractivity contribution in [2.24, 2.45) is 11.3 Å². The van der Waals surface area contributed by atoms with E-state index in [4.69, 9.17) is 0 Å². The van der Waals surface area contributed by atoms with Gasteiger partial charge in [-0.25, -0.2) is 4.39 Å². The van der Waals surface area contributed by atoms with Crippen molar-refractivity contribution in [1.82, 2.24) is 9.80 Å². The topological polar surface area (TPSA) is 23.6 Å². The van der Waals surface area contributed by atoms with Crippen molar-refractivity contribution in [1.29, 1.82) is 0 Å². The van der Waals surface area contributed by atoms with Gasteiger partial charge in [0, 0.05) is 31.0 Å². The van der Waals surface area contributed by atoms with Crippen molar-refractivity contribution < 1.29 is 9.18 Å². The molecule has 0 unspecified atom stereocenters. The molecule has 0 aromatic rings. The van der Waals surface area contributed by atoms with Crippen molar-refractivity contribution in [2.45, 2.75) is 32.4 Å². The van der Waals surface area contributed by atoms with Crippen LogP contribution in [0.1, 0.15) is 26.2 Å². The molecule has 0 radical (unpaired) electrons. The van der Waals surface area contributed by atoms with Crippen LogP contribution in [0.4, 0.5) is 4.39 Å². The zero-order valence-corrected chi connectivity index (χ0v) is 10.5. The van der Waals surface area contributed by atoms with E-state index in [1.54, 1.807) is 0 Å². The van der Waals surface area contributed by atoms with Crippen LogP contribution in [0.3, 0.4) is 0 Å². The number of halogens is 1. The minimum absolute atomic E-state index is 0.00830. The summed E-state index contributed by atoms with van der Waals surface area (Å²) in [5.41, 5.74) is 0.379. The molecule has 3 rings (SSSR count). The lowest BCUT2D eigenvalue weighted by atomic mass is 9.76. The molecule has 96 valence electrons. The van der Waals surface area contributed by atoms with E-state index in [-0.39, 0.29) is 11.8 Å². The molecule has 0 aromatic heterocycles. The monoisotopic (exact) mass is 240 g/mol. The van der Waals surface area contributed by atoms with E-state index in [0.717, 1.165) is 26.2 Å². The highest BCUT2D eigenvalue weighted by atomic mass is 19.1. The largest absolute Gasteiger partial charge is 0.341 e. The van der Waals surface area contributed by atoms with Crippen molar-refractivity contribution in [3.8, 4) is 0 Å². The molecule has 0 atom stereocenters. The maximum atomic E-state index is 12.7. The molecule has 2 aliphatic heterocycles. The number of amides is 1. The van der Waals surface area contributed by atoms with Gasteiger partial charge in [0.1, 0.15) is 6.17 Å². The second kappa shape index (κ2) is 3.94. The molecule has 0 N–H and O–H groups in total. The van der Waals surface area contributed by atoms with E-state index >= 15 is 0 Å². The summed E-state index contributed by atoms with van der Waals surface area (Å²) in [6.45, 7) is 7.45. The summed E-state index contributed by atoms with van der Waals surface area (Å²) in [5, 5.41) is 0. The Balaban J connectivity index is 1.50. The lowest BCUT2D eigenvalue weighted by molar-refractivity contribution is -0.152. The van der Waals surface area contributed by atoms with Gasteiger partial charge in [0.05, 0.1) is 0 Å². The Morgan fingerprint density at radius 3 is 2.59 bits per heavy atom. The van der Waals surface area contributed by atoms with Gasteiger partial charge in [0.2, 0.25) is 5.91 Å². The van der Waals surface area contributed by atoms with Gasteiger partial charge in [-0.15, -0.1) is 0 Å². The fraction of sp³-hybridized carbons (Fsp3) is 0.923. The highest BCUT2D eigenvalue weighted by molar-refractivity contribution is 5.80. The normalized spacial score (nSPS) is 35.8. The number of hydrogen-bond acceptors (Lipinski definition) is 2. The molecule has 1 saturated carbocycles. The van der Waals surface area contributed by atoms with E-state index in [1.165, 1.54) is 13.0 Å². The average molecular weight is 240 g/mol. The third kappa shape index (κ3) is 1.86. The van der Waals surface area contributed by atoms with Crippen molar-refractivity contribution in [3.63, 3.8) is 0 Å². The number of carbonyl (C=O) groups excluding carboxylic acids is 1. The summed E-state index contributed by atoms with van der Waals surface area (Å²) in [7, 11) is 0. The second-order valence-corrected chi connectivity index (χ2v) is 6.08. The quantitative estimate of drug-likeness (QED) is 0.726. The molecular weight excluding hydrogens is 219 g/mol. The van der Waals surface area contributed by atoms with E-state index in [0.29, 0.717) is 18.3 Å². The fourth-order valence-corrected chi connectivity index (χ4v) is 3.48. The van der Waals surface area contributed by atoms with Gasteiger partial charge in [-0.2, -0.15) is 0 Å². The predicted octanol–water partition coefficient (Wildman–Crippen LogP) is 1.29. The van der Waals surface area contributed by atoms with Crippen LogP contribution < -0.4 is 0 Å². The minimum atomic E-state index is -0.721. The van der Waals surface area contributed by atoms with Gasteiger partial charge >= 0.3 is 0 Å². The molecule has 2 heterocycles. The number of hydrogen-bond donors (Lipinski definition) is 0. The maximum Gasteiger partial charge on any atom is 0.225 e. The predicted molar refractivity (Wildman–Crippen MR) is 63.4 cm³/mol. The van der Waals surface area contributed by atoms with E-state index in [2.05, 4.69) is 11.8 Å². The number of likely N-dealkylation sites (tertiary alicyclic amines) is 2. The second-order valence-electron chi connectivity index (χ2n) is 6.08. The third-order valence-electron chi connectivity index (χ3n) is 4.76. The van der Waals surface area contributed by atoms with Gasteiger partial charge in [0.15, 0.2) is 0 Å². The number of rotatable bonds is 2. The Morgan fingerprint density at radius 2 is 2.06 bits per heavy atom. The van der Waals surface area contributed by atoms with Crippen LogP contribution in [0.2, 0.25) is 0 Å². The zero-order valence-electron chi connectivity index (χ0n) is 10.5. The summed E-state index contributed by atoms with van der Waals surface area (Å²) in [4.78, 5) is 16.4. The molecule has 3 fully saturated rings. The Morgan fingerprint density at radius 1 is 1.35 bits per heavy atom. The first kappa shape index (κ1) is 11.5. The fourth-order valence-electron chi connectivity index (χ4n) is 3.48. The van der Waals surface area contributed by atoms with Gasteiger partial charge in [0.25, 0.3) is 0 Å². The summed E-state index contributed by atoms with van der Waals surface area (Å²) in [5.74, 6) is 0.200. The average Bonchev–Trinajstić information content (AvgIpc) is 2.66. The molecule has 1 spiro atoms. The van der Waals surface area contributed by atoms with Gasteiger partial charge in [-0.05, 0) is 32.4 Å². The smallest absolute Gasteiger partial charge is 0.225 e. The summed E-state index contributed by atoms with van der Waals surface area (Å²) in [6.07, 6.45) is 1.43. The van der Waals surface area contributed by atoms with Gasteiger partial charge in [-0.3, -0.25) is 4.79 Å². The van der Waals surface area contributed by atoms with Crippen LogP contribution in [0.25, 0.3) is 0 Å². The Labute approximate surface area is 102 Å². The van der Waals surface area contributed by atoms with E-state index in [9.17, 15) is 9.18 Å². The van der Waals surface area contributed by atoms with Gasteiger partial charge < -0.3 is 9.80 Å². The summed E-state index contributed by atoms with van der Waals surface area (Å²) < 4.78 is 12.7. The lowest BCUT2D eigenvalue weighted by Gasteiger charge is -2.50. The Kier molecular flexibility index (Phi) is 2.65. The molecule has 3 nitrogen and oxygen atoms in total. The number of alkyl halides is 1. The van der Waals surface area contributed by atoms with Crippen LogP contribution in [0.5, 0.6) is 0 Å². The van der Waals surface area contributed by atoms with Crippen molar-refractivity contribution in [2.75, 3.05) is 32.7 Å². The molecule has 17 heavy (non-hydrogen) atoms. The van der Waals surface area contributed by atoms with Crippen LogP contribution >= 0.6 is 0 Å². The van der Waals surface area contributed by atoms with Gasteiger partial charge in [-0.1, -0.05) is 6.92 Å². The van der Waals surface area contributed by atoms with Crippen LogP contribution in [0, 0.1) is 11.3 Å². The Hall–Kier alpha value is -0.640. The van der Waals surface area contributed by atoms with Crippen molar-refractivity contribution in [3.05, 3.63) is 0 Å². The van der Waals surface area contributed by atoms with E-state index < -0.39 is 6.17 Å². The highest BCUT2D eigenvalue weighted by Gasteiger charge is 2.50. The first-order valence-corrected chi connectivity index (χ1v) is 6.77. The SMILES string of the molecule is CCN1CCC2(C1)CN(C(=O)C1CC(F)C1)C2. The van der Waals surface area contributed by atoms with Crippen LogP contribution in [-0.4, -0.2) is 54.6 Å². The molecule has 1 aliphatic carbocycles. The molecule has 1 amide bonds. The maximum absolute atomic E-state index is 12.7. The highest BCUT2D eigenvalue weighted by Crippen LogP contribution is 2.42. The molecule has 3 aliphatic rings. The zero-order chi connectivity index (χ0) is 12.0. The Bertz CT molecular complexity index is 321. The molecule has 0 aromatic carbocycles. The molecule has 0 bridgehead atoms. The first-order chi connectivity index (χ1) is 8.12. The lowest BCUT2D eigenvalue weighted by Crippen LogP contribution is -2.61. The summed E-state index contributed by atoms with van der Waals surface area (Å²) in [6, 6.07) is 0. The standard InChI is InChI=1S/C13H21FN2O/c1-2-15-4-3-13(7-15)8-16(9-13)12(17)10-5-11(14)6-10/h10-11H,2-9H2,1H3. The number of nitrogens with zero attached hydrogens (tertiary/aromatic N) is 2. The minimum Gasteiger partial charge on any atom is -0.341 e. The molecular formula is C13H21FN2O. The number of carbonyl (C=O) groups is 1. The summed E-state index contributed by atoms with van der Waals surface area (Å²) >= 11 is 0.